The van der Waals surface area contributed by atoms with Crippen LogP contribution in [-0.2, 0) is 0 Å². The first-order valence-electron chi connectivity index (χ1n) is 5.05. The summed E-state index contributed by atoms with van der Waals surface area (Å²) in [6.07, 6.45) is 1.84. The fraction of sp³-hybridized carbons (Fsp3) is 0.0833. The third-order valence-electron chi connectivity index (χ3n) is 2.58. The van der Waals surface area contributed by atoms with E-state index in [-0.39, 0.29) is 0 Å². The van der Waals surface area contributed by atoms with Gasteiger partial charge in [-0.3, -0.25) is 0 Å². The smallest absolute Gasteiger partial charge is 0.193 e. The summed E-state index contributed by atoms with van der Waals surface area (Å²) >= 11 is 12.0. The number of nitrogens with zero attached hydrogens (tertiary/aromatic N) is 1. The van der Waals surface area contributed by atoms with Crippen LogP contribution in [0, 0.1) is 6.92 Å². The number of oxazole rings is 1. The van der Waals surface area contributed by atoms with Crippen LogP contribution in [0.4, 0.5) is 0 Å². The fourth-order valence-electron chi connectivity index (χ4n) is 1.85. The van der Waals surface area contributed by atoms with Gasteiger partial charge in [-0.15, -0.1) is 0 Å². The Morgan fingerprint density at radius 2 is 2.12 bits per heavy atom. The van der Waals surface area contributed by atoms with Crippen LogP contribution in [0.5, 0.6) is 0 Å². The zero-order chi connectivity index (χ0) is 12.0. The van der Waals surface area contributed by atoms with Crippen molar-refractivity contribution in [3.8, 4) is 11.3 Å². The Morgan fingerprint density at radius 3 is 2.82 bits per heavy atom. The van der Waals surface area contributed by atoms with Gasteiger partial charge in [0.2, 0.25) is 0 Å². The molecule has 0 fully saturated rings. The van der Waals surface area contributed by atoms with Crippen LogP contribution in [0.3, 0.4) is 0 Å². The number of hydrogen-bond acceptors (Lipinski definition) is 2. The van der Waals surface area contributed by atoms with Crippen molar-refractivity contribution in [3.05, 3.63) is 40.5 Å². The molecule has 0 saturated heterocycles. The molecular weight excluding hydrogens is 259 g/mol. The molecule has 17 heavy (non-hydrogen) atoms. The van der Waals surface area contributed by atoms with Crippen molar-refractivity contribution in [3.63, 3.8) is 0 Å². The molecule has 5 heteroatoms. The summed E-state index contributed by atoms with van der Waals surface area (Å²) in [4.78, 5) is 7.19. The van der Waals surface area contributed by atoms with Gasteiger partial charge in [0.25, 0.3) is 0 Å². The first-order valence-corrected chi connectivity index (χ1v) is 5.80. The summed E-state index contributed by atoms with van der Waals surface area (Å²) in [6, 6.07) is 5.62. The minimum Gasteiger partial charge on any atom is -0.439 e. The maximum Gasteiger partial charge on any atom is 0.193 e. The molecule has 2 aromatic heterocycles. The highest BCUT2D eigenvalue weighted by Crippen LogP contribution is 2.34. The molecule has 0 bridgehead atoms. The van der Waals surface area contributed by atoms with Crippen LogP contribution in [-0.4, -0.2) is 9.97 Å². The molecule has 0 unspecified atom stereocenters. The van der Waals surface area contributed by atoms with Crippen LogP contribution >= 0.6 is 23.2 Å². The van der Waals surface area contributed by atoms with Gasteiger partial charge >= 0.3 is 0 Å². The predicted octanol–water partition coefficient (Wildman–Crippen LogP) is 4.44. The van der Waals surface area contributed by atoms with E-state index in [1.807, 2.05) is 24.4 Å². The Bertz CT molecular complexity index is 700. The molecule has 0 saturated carbocycles. The standard InChI is InChI=1S/C12H8Cl2N2O/c1-6-16-12(14)11(17-6)9-5-15-10-3-2-7(13)4-8(9)10/h2-5,15H,1H3. The zero-order valence-electron chi connectivity index (χ0n) is 8.92. The number of aromatic amines is 1. The van der Waals surface area contributed by atoms with E-state index in [4.69, 9.17) is 27.6 Å². The van der Waals surface area contributed by atoms with E-state index in [0.717, 1.165) is 16.5 Å². The molecule has 1 N–H and O–H groups in total. The summed E-state index contributed by atoms with van der Waals surface area (Å²) < 4.78 is 5.50. The summed E-state index contributed by atoms with van der Waals surface area (Å²) in [7, 11) is 0. The van der Waals surface area contributed by atoms with E-state index < -0.39 is 0 Å². The molecule has 0 aliphatic heterocycles. The van der Waals surface area contributed by atoms with Gasteiger partial charge in [-0.2, -0.15) is 0 Å². The minimum absolute atomic E-state index is 0.364. The second-order valence-corrected chi connectivity index (χ2v) is 4.54. The predicted molar refractivity (Wildman–Crippen MR) is 68.6 cm³/mol. The zero-order valence-corrected chi connectivity index (χ0v) is 10.4. The summed E-state index contributed by atoms with van der Waals surface area (Å²) in [5.41, 5.74) is 1.85. The Morgan fingerprint density at radius 1 is 1.29 bits per heavy atom. The van der Waals surface area contributed by atoms with Crippen molar-refractivity contribution in [1.29, 1.82) is 0 Å². The summed E-state index contributed by atoms with van der Waals surface area (Å²) in [5.74, 6) is 1.11. The normalized spacial score (nSPS) is 11.2. The molecular formula is C12H8Cl2N2O. The van der Waals surface area contributed by atoms with Crippen LogP contribution < -0.4 is 0 Å². The summed E-state index contributed by atoms with van der Waals surface area (Å²) in [5, 5.41) is 2.00. The Labute approximate surface area is 107 Å². The number of benzene rings is 1. The van der Waals surface area contributed by atoms with Crippen LogP contribution in [0.15, 0.2) is 28.8 Å². The van der Waals surface area contributed by atoms with Gasteiger partial charge in [0.05, 0.1) is 0 Å². The number of rotatable bonds is 1. The van der Waals surface area contributed by atoms with E-state index in [1.54, 1.807) is 6.92 Å². The molecule has 0 aliphatic rings. The third kappa shape index (κ3) is 1.72. The molecule has 0 spiro atoms. The fourth-order valence-corrected chi connectivity index (χ4v) is 2.28. The van der Waals surface area contributed by atoms with E-state index >= 15 is 0 Å². The number of fused-ring (bicyclic) bond motifs is 1. The topological polar surface area (TPSA) is 41.8 Å². The molecule has 0 radical (unpaired) electrons. The molecule has 0 aliphatic carbocycles. The number of nitrogens with one attached hydrogen (secondary N) is 1. The van der Waals surface area contributed by atoms with Gasteiger partial charge in [0, 0.05) is 34.6 Å². The maximum absolute atomic E-state index is 6.02. The number of H-pyrrole nitrogens is 1. The highest BCUT2D eigenvalue weighted by molar-refractivity contribution is 6.33. The average molecular weight is 267 g/mol. The van der Waals surface area contributed by atoms with E-state index in [9.17, 15) is 0 Å². The van der Waals surface area contributed by atoms with Crippen LogP contribution in [0.1, 0.15) is 5.89 Å². The lowest BCUT2D eigenvalue weighted by atomic mass is 10.1. The first-order chi connectivity index (χ1) is 8.15. The second-order valence-electron chi connectivity index (χ2n) is 3.75. The van der Waals surface area contributed by atoms with Gasteiger partial charge in [-0.05, 0) is 18.2 Å². The molecule has 3 nitrogen and oxygen atoms in total. The number of halogens is 2. The number of aryl methyl sites for hydroxylation is 1. The van der Waals surface area contributed by atoms with Crippen molar-refractivity contribution >= 4 is 34.1 Å². The lowest BCUT2D eigenvalue weighted by Crippen LogP contribution is -1.73. The molecule has 1 aromatic carbocycles. The van der Waals surface area contributed by atoms with Crippen molar-refractivity contribution < 1.29 is 4.42 Å². The van der Waals surface area contributed by atoms with Gasteiger partial charge < -0.3 is 9.40 Å². The molecule has 86 valence electrons. The number of hydrogen-bond donors (Lipinski definition) is 1. The molecule has 0 atom stereocenters. The van der Waals surface area contributed by atoms with E-state index in [1.165, 1.54) is 0 Å². The van der Waals surface area contributed by atoms with Crippen molar-refractivity contribution in [2.24, 2.45) is 0 Å². The van der Waals surface area contributed by atoms with Crippen molar-refractivity contribution in [2.45, 2.75) is 6.92 Å². The van der Waals surface area contributed by atoms with E-state index in [2.05, 4.69) is 9.97 Å². The Hall–Kier alpha value is -1.45. The van der Waals surface area contributed by atoms with Gasteiger partial charge in [-0.1, -0.05) is 23.2 Å². The third-order valence-corrected chi connectivity index (χ3v) is 3.07. The first kappa shape index (κ1) is 10.7. The molecule has 3 rings (SSSR count). The second kappa shape index (κ2) is 3.79. The lowest BCUT2D eigenvalue weighted by molar-refractivity contribution is 0.535. The molecule has 3 aromatic rings. The highest BCUT2D eigenvalue weighted by Gasteiger charge is 2.15. The van der Waals surface area contributed by atoms with Gasteiger partial charge in [0.1, 0.15) is 0 Å². The van der Waals surface area contributed by atoms with Crippen LogP contribution in [0.25, 0.3) is 22.2 Å². The average Bonchev–Trinajstić information content (AvgIpc) is 2.81. The van der Waals surface area contributed by atoms with Gasteiger partial charge in [-0.25, -0.2) is 4.98 Å². The van der Waals surface area contributed by atoms with Gasteiger partial charge in [0.15, 0.2) is 16.8 Å². The lowest BCUT2D eigenvalue weighted by Gasteiger charge is -1.95. The van der Waals surface area contributed by atoms with E-state index in [0.29, 0.717) is 21.8 Å². The maximum atomic E-state index is 6.02. The SMILES string of the molecule is Cc1nc(Cl)c(-c2c[nH]c3ccc(Cl)cc23)o1. The minimum atomic E-state index is 0.364. The van der Waals surface area contributed by atoms with Crippen molar-refractivity contribution in [1.82, 2.24) is 9.97 Å². The molecule has 0 amide bonds. The number of aromatic nitrogens is 2. The quantitative estimate of drug-likeness (QED) is 0.708. The molecule has 2 heterocycles. The monoisotopic (exact) mass is 266 g/mol. The van der Waals surface area contributed by atoms with Crippen molar-refractivity contribution in [2.75, 3.05) is 0 Å². The Kier molecular flexibility index (Phi) is 2.38. The highest BCUT2D eigenvalue weighted by atomic mass is 35.5. The largest absolute Gasteiger partial charge is 0.439 e. The Balaban J connectivity index is 2.30. The van der Waals surface area contributed by atoms with Crippen LogP contribution in [0.2, 0.25) is 10.2 Å². The summed E-state index contributed by atoms with van der Waals surface area (Å²) in [6.45, 7) is 1.76.